The van der Waals surface area contributed by atoms with Crippen LogP contribution in [0, 0.1) is 0 Å². The molecule has 0 fully saturated rings. The van der Waals surface area contributed by atoms with Crippen LogP contribution in [-0.2, 0) is 14.4 Å². The maximum Gasteiger partial charge on any atom is 0.308 e. The lowest BCUT2D eigenvalue weighted by molar-refractivity contribution is -0.132. The van der Waals surface area contributed by atoms with Crippen LogP contribution in [0.4, 0.5) is 0 Å². The quantitative estimate of drug-likeness (QED) is 0.630. The number of rotatable bonds is 3. The second-order valence-corrected chi connectivity index (χ2v) is 4.45. The SMILES string of the molecule is CC(=O)Oc1cc(OC(C)=O)cc(OC(C)=O)c1.c1ccncc1. The molecule has 0 amide bonds. The van der Waals surface area contributed by atoms with Crippen molar-refractivity contribution in [2.75, 3.05) is 0 Å². The Morgan fingerprint density at radius 3 is 1.17 bits per heavy atom. The van der Waals surface area contributed by atoms with E-state index in [0.29, 0.717) is 0 Å². The lowest BCUT2D eigenvalue weighted by Gasteiger charge is -2.08. The zero-order chi connectivity index (χ0) is 17.9. The van der Waals surface area contributed by atoms with Crippen molar-refractivity contribution >= 4 is 17.9 Å². The van der Waals surface area contributed by atoms with Gasteiger partial charge in [0.05, 0.1) is 0 Å². The number of carbonyl (C=O) groups excluding carboxylic acids is 3. The minimum Gasteiger partial charge on any atom is -0.426 e. The van der Waals surface area contributed by atoms with Crippen LogP contribution in [0.25, 0.3) is 0 Å². The van der Waals surface area contributed by atoms with Gasteiger partial charge in [-0.3, -0.25) is 19.4 Å². The average Bonchev–Trinajstić information content (AvgIpc) is 2.47. The molecule has 2 rings (SSSR count). The predicted octanol–water partition coefficient (Wildman–Crippen LogP) is 2.54. The van der Waals surface area contributed by atoms with Crippen molar-refractivity contribution in [3.8, 4) is 17.2 Å². The first-order valence-electron chi connectivity index (χ1n) is 6.92. The largest absolute Gasteiger partial charge is 0.426 e. The Labute approximate surface area is 139 Å². The Hall–Kier alpha value is -3.22. The van der Waals surface area contributed by atoms with Crippen LogP contribution in [0.5, 0.6) is 17.2 Å². The standard InChI is InChI=1S/C12H12O6.C5H5N/c1-7(13)16-10-4-11(17-8(2)14)6-12(5-10)18-9(3)15;1-2-4-6-5-3-1/h4-6H,1-3H3;1-5H. The summed E-state index contributed by atoms with van der Waals surface area (Å²) in [5, 5.41) is 0. The van der Waals surface area contributed by atoms with Gasteiger partial charge in [0.1, 0.15) is 17.2 Å². The van der Waals surface area contributed by atoms with Gasteiger partial charge in [0.2, 0.25) is 0 Å². The topological polar surface area (TPSA) is 91.8 Å². The maximum absolute atomic E-state index is 10.8. The number of aromatic nitrogens is 1. The normalized spacial score (nSPS) is 9.12. The molecule has 0 unspecified atom stereocenters. The first-order chi connectivity index (χ1) is 11.4. The number of benzene rings is 1. The van der Waals surface area contributed by atoms with Crippen LogP contribution in [-0.4, -0.2) is 22.9 Å². The fraction of sp³-hybridized carbons (Fsp3) is 0.176. The molecule has 0 saturated heterocycles. The molecule has 0 aliphatic carbocycles. The summed E-state index contributed by atoms with van der Waals surface area (Å²) in [6, 6.07) is 9.74. The highest BCUT2D eigenvalue weighted by Gasteiger charge is 2.09. The zero-order valence-electron chi connectivity index (χ0n) is 13.5. The fourth-order valence-corrected chi connectivity index (χ4v) is 1.53. The number of hydrogen-bond donors (Lipinski definition) is 0. The summed E-state index contributed by atoms with van der Waals surface area (Å²) in [6.45, 7) is 3.68. The van der Waals surface area contributed by atoms with E-state index in [0.717, 1.165) is 0 Å². The van der Waals surface area contributed by atoms with E-state index in [1.807, 2.05) is 18.2 Å². The lowest BCUT2D eigenvalue weighted by atomic mass is 10.3. The molecule has 0 bridgehead atoms. The van der Waals surface area contributed by atoms with Gasteiger partial charge < -0.3 is 14.2 Å². The summed E-state index contributed by atoms with van der Waals surface area (Å²) < 4.78 is 14.5. The van der Waals surface area contributed by atoms with Crippen LogP contribution in [0.15, 0.2) is 48.8 Å². The van der Waals surface area contributed by atoms with E-state index in [-0.39, 0.29) is 17.2 Å². The van der Waals surface area contributed by atoms with Gasteiger partial charge in [-0.05, 0) is 12.1 Å². The Morgan fingerprint density at radius 2 is 1.00 bits per heavy atom. The van der Waals surface area contributed by atoms with Gasteiger partial charge in [-0.25, -0.2) is 0 Å². The molecule has 0 radical (unpaired) electrons. The van der Waals surface area contributed by atoms with Crippen molar-refractivity contribution in [2.45, 2.75) is 20.8 Å². The smallest absolute Gasteiger partial charge is 0.308 e. The van der Waals surface area contributed by atoms with Crippen LogP contribution in [0.3, 0.4) is 0 Å². The highest BCUT2D eigenvalue weighted by Crippen LogP contribution is 2.28. The highest BCUT2D eigenvalue weighted by molar-refractivity contribution is 5.73. The highest BCUT2D eigenvalue weighted by atomic mass is 16.6. The van der Waals surface area contributed by atoms with Gasteiger partial charge in [-0.1, -0.05) is 6.07 Å². The van der Waals surface area contributed by atoms with Crippen molar-refractivity contribution < 1.29 is 28.6 Å². The number of nitrogens with zero attached hydrogens (tertiary/aromatic N) is 1. The third-order valence-corrected chi connectivity index (χ3v) is 2.20. The summed E-state index contributed by atoms with van der Waals surface area (Å²) in [7, 11) is 0. The Morgan fingerprint density at radius 1 is 0.667 bits per heavy atom. The molecule has 0 atom stereocenters. The molecule has 2 aromatic rings. The second kappa shape index (κ2) is 9.73. The summed E-state index contributed by atoms with van der Waals surface area (Å²) in [5.41, 5.74) is 0. The molecule has 1 heterocycles. The summed E-state index contributed by atoms with van der Waals surface area (Å²) >= 11 is 0. The zero-order valence-corrected chi connectivity index (χ0v) is 13.5. The van der Waals surface area contributed by atoms with Gasteiger partial charge in [0.25, 0.3) is 0 Å². The molecule has 0 spiro atoms. The molecular formula is C17H17NO6. The van der Waals surface area contributed by atoms with E-state index in [4.69, 9.17) is 14.2 Å². The third-order valence-electron chi connectivity index (χ3n) is 2.20. The van der Waals surface area contributed by atoms with Crippen molar-refractivity contribution in [3.63, 3.8) is 0 Å². The van der Waals surface area contributed by atoms with Gasteiger partial charge in [-0.15, -0.1) is 0 Å². The second-order valence-electron chi connectivity index (χ2n) is 4.45. The molecule has 0 saturated carbocycles. The van der Waals surface area contributed by atoms with Gasteiger partial charge >= 0.3 is 17.9 Å². The monoisotopic (exact) mass is 331 g/mol. The Bertz CT molecular complexity index is 589. The van der Waals surface area contributed by atoms with Crippen molar-refractivity contribution in [3.05, 3.63) is 48.8 Å². The first-order valence-corrected chi connectivity index (χ1v) is 6.92. The first kappa shape index (κ1) is 18.8. The number of hydrogen-bond acceptors (Lipinski definition) is 7. The van der Waals surface area contributed by atoms with Crippen molar-refractivity contribution in [1.82, 2.24) is 4.98 Å². The predicted molar refractivity (Wildman–Crippen MR) is 84.6 cm³/mol. The number of esters is 3. The van der Waals surface area contributed by atoms with Crippen LogP contribution >= 0.6 is 0 Å². The van der Waals surface area contributed by atoms with Gasteiger partial charge in [0, 0.05) is 51.4 Å². The molecular weight excluding hydrogens is 314 g/mol. The average molecular weight is 331 g/mol. The van der Waals surface area contributed by atoms with E-state index in [9.17, 15) is 14.4 Å². The third kappa shape index (κ3) is 8.28. The molecule has 24 heavy (non-hydrogen) atoms. The van der Waals surface area contributed by atoms with Gasteiger partial charge in [0.15, 0.2) is 0 Å². The molecule has 1 aromatic heterocycles. The summed E-state index contributed by atoms with van der Waals surface area (Å²) in [5.74, 6) is -1.25. The van der Waals surface area contributed by atoms with Crippen LogP contribution in [0.2, 0.25) is 0 Å². The van der Waals surface area contributed by atoms with E-state index in [2.05, 4.69) is 4.98 Å². The molecule has 7 heteroatoms. The Kier molecular flexibility index (Phi) is 7.63. The molecule has 1 aromatic carbocycles. The maximum atomic E-state index is 10.8. The molecule has 126 valence electrons. The number of pyridine rings is 1. The molecule has 7 nitrogen and oxygen atoms in total. The minimum absolute atomic E-state index is 0.123. The van der Waals surface area contributed by atoms with E-state index >= 15 is 0 Å². The minimum atomic E-state index is -0.538. The summed E-state index contributed by atoms with van der Waals surface area (Å²) in [6.07, 6.45) is 3.50. The van der Waals surface area contributed by atoms with Crippen molar-refractivity contribution in [1.29, 1.82) is 0 Å². The van der Waals surface area contributed by atoms with Gasteiger partial charge in [-0.2, -0.15) is 0 Å². The van der Waals surface area contributed by atoms with Crippen molar-refractivity contribution in [2.24, 2.45) is 0 Å². The Balaban J connectivity index is 0.000000400. The number of carbonyl (C=O) groups is 3. The van der Waals surface area contributed by atoms with Crippen LogP contribution in [0.1, 0.15) is 20.8 Å². The van der Waals surface area contributed by atoms with E-state index in [1.165, 1.54) is 39.0 Å². The lowest BCUT2D eigenvalue weighted by Crippen LogP contribution is -2.06. The molecule has 0 N–H and O–H groups in total. The molecule has 0 aliphatic heterocycles. The molecule has 0 aliphatic rings. The fourth-order valence-electron chi connectivity index (χ4n) is 1.53. The van der Waals surface area contributed by atoms with Crippen LogP contribution < -0.4 is 14.2 Å². The number of ether oxygens (including phenoxy) is 3. The van der Waals surface area contributed by atoms with E-state index < -0.39 is 17.9 Å². The summed E-state index contributed by atoms with van der Waals surface area (Å²) in [4.78, 5) is 36.3. The van der Waals surface area contributed by atoms with E-state index in [1.54, 1.807) is 12.4 Å².